The number of hydrogen-bond acceptors (Lipinski definition) is 3. The molecule has 0 atom stereocenters. The van der Waals surface area contributed by atoms with Gasteiger partial charge >= 0.3 is 0 Å². The molecule has 27 heavy (non-hydrogen) atoms. The third kappa shape index (κ3) is 5.81. The van der Waals surface area contributed by atoms with Crippen molar-refractivity contribution in [1.82, 2.24) is 5.32 Å². The minimum atomic E-state index is -0.380. The molecule has 1 amide bonds. The van der Waals surface area contributed by atoms with Crippen molar-refractivity contribution in [3.8, 4) is 5.75 Å². The summed E-state index contributed by atoms with van der Waals surface area (Å²) in [6, 6.07) is 7.51. The first-order chi connectivity index (χ1) is 13.1. The van der Waals surface area contributed by atoms with Crippen molar-refractivity contribution >= 4 is 17.8 Å². The zero-order chi connectivity index (χ0) is 19.1. The molecule has 3 rings (SSSR count). The summed E-state index contributed by atoms with van der Waals surface area (Å²) >= 11 is 0. The Kier molecular flexibility index (Phi) is 6.86. The minimum absolute atomic E-state index is 0.166. The summed E-state index contributed by atoms with van der Waals surface area (Å²) in [6.07, 6.45) is 12.5. The number of unbranched alkanes of at least 4 members (excludes halogenated alkanes) is 1. The number of piperidine rings is 1. The van der Waals surface area contributed by atoms with Gasteiger partial charge in [-0.15, -0.1) is 0 Å². The molecule has 0 spiro atoms. The molecule has 1 aromatic rings. The minimum Gasteiger partial charge on any atom is -0.494 e. The van der Waals surface area contributed by atoms with Gasteiger partial charge in [0.15, 0.2) is 5.78 Å². The second kappa shape index (κ2) is 9.54. The number of hydrogen-bond donors (Lipinski definition) is 1. The number of amides is 1. The molecule has 2 fully saturated rings. The van der Waals surface area contributed by atoms with E-state index in [0.717, 1.165) is 30.3 Å². The van der Waals surface area contributed by atoms with E-state index < -0.39 is 0 Å². The Morgan fingerprint density at radius 2 is 1.81 bits per heavy atom. The van der Waals surface area contributed by atoms with Crippen LogP contribution in [0.2, 0.25) is 0 Å². The lowest BCUT2D eigenvalue weighted by molar-refractivity contribution is -0.123. The lowest BCUT2D eigenvalue weighted by Gasteiger charge is -2.21. The molecule has 1 aliphatic carbocycles. The van der Waals surface area contributed by atoms with Crippen LogP contribution in [0.5, 0.6) is 5.75 Å². The van der Waals surface area contributed by atoms with E-state index in [9.17, 15) is 9.59 Å². The monoisotopic (exact) mass is 367 g/mol. The molecular formula is C23H29NO3. The topological polar surface area (TPSA) is 55.4 Å². The van der Waals surface area contributed by atoms with E-state index in [0.29, 0.717) is 5.70 Å². The number of Topliss-reactive ketones (excluding diaryl/α,β-unsaturated/α-hetero) is 1. The van der Waals surface area contributed by atoms with Crippen LogP contribution in [0, 0.1) is 5.92 Å². The highest BCUT2D eigenvalue weighted by Gasteiger charge is 2.24. The van der Waals surface area contributed by atoms with Crippen molar-refractivity contribution < 1.29 is 14.3 Å². The Hall–Kier alpha value is -2.36. The predicted octanol–water partition coefficient (Wildman–Crippen LogP) is 4.80. The Bertz CT molecular complexity index is 690. The van der Waals surface area contributed by atoms with Crippen LogP contribution in [0.15, 0.2) is 42.1 Å². The average Bonchev–Trinajstić information content (AvgIpc) is 2.66. The van der Waals surface area contributed by atoms with Gasteiger partial charge in [-0.1, -0.05) is 57.2 Å². The van der Waals surface area contributed by atoms with Gasteiger partial charge in [-0.3, -0.25) is 9.59 Å². The quantitative estimate of drug-likeness (QED) is 0.428. The van der Waals surface area contributed by atoms with Gasteiger partial charge in [0.1, 0.15) is 5.75 Å². The SMILES string of the molecule is C=C1CC(=O)/C(=C\c2ccc(OCCCCC3CCCCC3)cc2)C(=O)N1. The summed E-state index contributed by atoms with van der Waals surface area (Å²) < 4.78 is 5.82. The maximum atomic E-state index is 12.0. The molecular weight excluding hydrogens is 338 g/mol. The molecule has 0 unspecified atom stereocenters. The lowest BCUT2D eigenvalue weighted by atomic mass is 9.86. The number of ether oxygens (including phenoxy) is 1. The predicted molar refractivity (Wildman–Crippen MR) is 107 cm³/mol. The lowest BCUT2D eigenvalue weighted by Crippen LogP contribution is -2.34. The molecule has 4 nitrogen and oxygen atoms in total. The van der Waals surface area contributed by atoms with Gasteiger partial charge in [-0.25, -0.2) is 0 Å². The summed E-state index contributed by atoms with van der Waals surface area (Å²) in [6.45, 7) is 4.37. The van der Waals surface area contributed by atoms with Gasteiger partial charge in [-0.05, 0) is 42.5 Å². The van der Waals surface area contributed by atoms with Gasteiger partial charge in [0.2, 0.25) is 0 Å². The van der Waals surface area contributed by atoms with Crippen LogP contribution in [0.25, 0.3) is 6.08 Å². The second-order valence-corrected chi connectivity index (χ2v) is 7.63. The van der Waals surface area contributed by atoms with Crippen LogP contribution < -0.4 is 10.1 Å². The number of carbonyl (C=O) groups is 2. The Labute approximate surface area is 161 Å². The second-order valence-electron chi connectivity index (χ2n) is 7.63. The molecule has 1 heterocycles. The zero-order valence-electron chi connectivity index (χ0n) is 16.0. The van der Waals surface area contributed by atoms with Crippen molar-refractivity contribution in [2.75, 3.05) is 6.61 Å². The fourth-order valence-electron chi connectivity index (χ4n) is 3.86. The van der Waals surface area contributed by atoms with E-state index >= 15 is 0 Å². The van der Waals surface area contributed by atoms with E-state index in [1.165, 1.54) is 44.9 Å². The van der Waals surface area contributed by atoms with E-state index in [1.54, 1.807) is 6.08 Å². The van der Waals surface area contributed by atoms with Crippen molar-refractivity contribution in [1.29, 1.82) is 0 Å². The highest BCUT2D eigenvalue weighted by Crippen LogP contribution is 2.27. The number of allylic oxidation sites excluding steroid dienone is 1. The Balaban J connectivity index is 1.43. The van der Waals surface area contributed by atoms with Crippen LogP contribution in [-0.4, -0.2) is 18.3 Å². The van der Waals surface area contributed by atoms with Gasteiger partial charge in [0, 0.05) is 5.70 Å². The highest BCUT2D eigenvalue weighted by molar-refractivity contribution is 6.25. The van der Waals surface area contributed by atoms with Crippen molar-refractivity contribution in [2.45, 2.75) is 57.8 Å². The van der Waals surface area contributed by atoms with Crippen LogP contribution in [0.1, 0.15) is 63.4 Å². The zero-order valence-corrected chi connectivity index (χ0v) is 16.0. The molecule has 1 saturated heterocycles. The van der Waals surface area contributed by atoms with E-state index in [1.807, 2.05) is 24.3 Å². The third-order valence-corrected chi connectivity index (χ3v) is 5.40. The maximum absolute atomic E-state index is 12.0. The van der Waals surface area contributed by atoms with Crippen molar-refractivity contribution in [2.24, 2.45) is 5.92 Å². The molecule has 1 N–H and O–H groups in total. The summed E-state index contributed by atoms with van der Waals surface area (Å²) in [5.41, 5.74) is 1.44. The smallest absolute Gasteiger partial charge is 0.259 e. The standard InChI is InChI=1S/C23H29NO3/c1-17-15-22(25)21(23(26)24-17)16-19-10-12-20(13-11-19)27-14-6-5-9-18-7-3-2-4-8-18/h10-13,16,18H,1-9,14-15H2,(H,24,26)/b21-16+. The molecule has 4 heteroatoms. The summed E-state index contributed by atoms with van der Waals surface area (Å²) in [4.78, 5) is 23.9. The average molecular weight is 367 g/mol. The van der Waals surface area contributed by atoms with Gasteiger partial charge < -0.3 is 10.1 Å². The van der Waals surface area contributed by atoms with E-state index in [2.05, 4.69) is 11.9 Å². The molecule has 144 valence electrons. The normalized spacial score (nSPS) is 20.0. The number of benzene rings is 1. The number of carbonyl (C=O) groups excluding carboxylic acids is 2. The molecule has 0 aromatic heterocycles. The molecule has 0 radical (unpaired) electrons. The number of ketones is 1. The van der Waals surface area contributed by atoms with E-state index in [-0.39, 0.29) is 23.7 Å². The van der Waals surface area contributed by atoms with E-state index in [4.69, 9.17) is 4.74 Å². The van der Waals surface area contributed by atoms with Crippen LogP contribution in [0.4, 0.5) is 0 Å². The fraction of sp³-hybridized carbons (Fsp3) is 0.478. The van der Waals surface area contributed by atoms with Crippen LogP contribution in [-0.2, 0) is 9.59 Å². The van der Waals surface area contributed by atoms with Gasteiger partial charge in [-0.2, -0.15) is 0 Å². The first-order valence-corrected chi connectivity index (χ1v) is 10.1. The fourth-order valence-corrected chi connectivity index (χ4v) is 3.86. The van der Waals surface area contributed by atoms with Gasteiger partial charge in [0.25, 0.3) is 5.91 Å². The summed E-state index contributed by atoms with van der Waals surface area (Å²) in [7, 11) is 0. The molecule has 0 bridgehead atoms. The van der Waals surface area contributed by atoms with Crippen molar-refractivity contribution in [3.63, 3.8) is 0 Å². The van der Waals surface area contributed by atoms with Gasteiger partial charge in [0.05, 0.1) is 18.6 Å². The maximum Gasteiger partial charge on any atom is 0.259 e. The Morgan fingerprint density at radius 1 is 1.07 bits per heavy atom. The largest absolute Gasteiger partial charge is 0.494 e. The molecule has 1 saturated carbocycles. The van der Waals surface area contributed by atoms with Crippen LogP contribution in [0.3, 0.4) is 0 Å². The molecule has 1 aromatic carbocycles. The summed E-state index contributed by atoms with van der Waals surface area (Å²) in [5, 5.41) is 2.61. The number of nitrogens with one attached hydrogen (secondary N) is 1. The summed E-state index contributed by atoms with van der Waals surface area (Å²) in [5.74, 6) is 1.18. The first-order valence-electron chi connectivity index (χ1n) is 10.1. The number of rotatable bonds is 7. The molecule has 2 aliphatic rings. The first kappa shape index (κ1) is 19.4. The molecule has 1 aliphatic heterocycles. The highest BCUT2D eigenvalue weighted by atomic mass is 16.5. The van der Waals surface area contributed by atoms with Crippen molar-refractivity contribution in [3.05, 3.63) is 47.7 Å². The Morgan fingerprint density at radius 3 is 2.52 bits per heavy atom. The van der Waals surface area contributed by atoms with Crippen LogP contribution >= 0.6 is 0 Å². The third-order valence-electron chi connectivity index (χ3n) is 5.40.